The molecule has 3 N–H and O–H groups in total. The van der Waals surface area contributed by atoms with Crippen LogP contribution in [-0.2, 0) is 0 Å². The van der Waals surface area contributed by atoms with Crippen molar-refractivity contribution in [2.75, 3.05) is 13.1 Å². The largest absolute Gasteiger partial charge is 0.465 e. The molecule has 1 atom stereocenters. The zero-order valence-corrected chi connectivity index (χ0v) is 6.49. The van der Waals surface area contributed by atoms with E-state index in [-0.39, 0.29) is 6.04 Å². The van der Waals surface area contributed by atoms with Crippen LogP contribution in [0.5, 0.6) is 0 Å². The SMILES string of the molecule is NC[C@@H]1CCCCN1C(=O)O. The van der Waals surface area contributed by atoms with Crippen molar-refractivity contribution in [3.8, 4) is 0 Å². The van der Waals surface area contributed by atoms with Crippen LogP contribution in [0.2, 0.25) is 0 Å². The zero-order chi connectivity index (χ0) is 8.27. The maximum Gasteiger partial charge on any atom is 0.407 e. The second-order valence-corrected chi connectivity index (χ2v) is 2.86. The van der Waals surface area contributed by atoms with Gasteiger partial charge in [-0.3, -0.25) is 0 Å². The number of likely N-dealkylation sites (tertiary alicyclic amines) is 1. The van der Waals surface area contributed by atoms with Gasteiger partial charge >= 0.3 is 6.09 Å². The third-order valence-electron chi connectivity index (χ3n) is 2.14. The van der Waals surface area contributed by atoms with Gasteiger partial charge in [-0.05, 0) is 19.3 Å². The van der Waals surface area contributed by atoms with Crippen LogP contribution in [-0.4, -0.2) is 35.2 Å². The Balaban J connectivity index is 2.51. The van der Waals surface area contributed by atoms with Gasteiger partial charge in [-0.1, -0.05) is 0 Å². The molecule has 1 saturated heterocycles. The van der Waals surface area contributed by atoms with Gasteiger partial charge in [0.1, 0.15) is 0 Å². The molecule has 0 saturated carbocycles. The van der Waals surface area contributed by atoms with E-state index in [1.54, 1.807) is 0 Å². The fourth-order valence-corrected chi connectivity index (χ4v) is 1.50. The first-order valence-electron chi connectivity index (χ1n) is 3.95. The minimum atomic E-state index is -0.833. The van der Waals surface area contributed by atoms with Crippen LogP contribution in [0.4, 0.5) is 4.79 Å². The van der Waals surface area contributed by atoms with E-state index in [1.807, 2.05) is 0 Å². The highest BCUT2D eigenvalue weighted by atomic mass is 16.4. The second kappa shape index (κ2) is 3.57. The minimum absolute atomic E-state index is 0.0567. The van der Waals surface area contributed by atoms with E-state index in [0.717, 1.165) is 19.3 Å². The molecule has 4 heteroatoms. The highest BCUT2D eigenvalue weighted by Gasteiger charge is 2.24. The maximum absolute atomic E-state index is 10.6. The molecule has 0 aromatic heterocycles. The summed E-state index contributed by atoms with van der Waals surface area (Å²) in [4.78, 5) is 12.0. The summed E-state index contributed by atoms with van der Waals surface area (Å²) in [5, 5.41) is 8.71. The summed E-state index contributed by atoms with van der Waals surface area (Å²) in [5.41, 5.74) is 5.43. The number of piperidine rings is 1. The van der Waals surface area contributed by atoms with Crippen LogP contribution in [0, 0.1) is 0 Å². The molecule has 1 amide bonds. The van der Waals surface area contributed by atoms with Crippen molar-refractivity contribution in [3.63, 3.8) is 0 Å². The molecule has 0 bridgehead atoms. The lowest BCUT2D eigenvalue weighted by Crippen LogP contribution is -2.46. The van der Waals surface area contributed by atoms with Gasteiger partial charge in [-0.15, -0.1) is 0 Å². The number of nitrogens with zero attached hydrogens (tertiary/aromatic N) is 1. The summed E-state index contributed by atoms with van der Waals surface area (Å²) >= 11 is 0. The third-order valence-corrected chi connectivity index (χ3v) is 2.14. The molecule has 64 valence electrons. The highest BCUT2D eigenvalue weighted by Crippen LogP contribution is 2.15. The summed E-state index contributed by atoms with van der Waals surface area (Å²) in [5.74, 6) is 0. The Morgan fingerprint density at radius 1 is 1.64 bits per heavy atom. The average molecular weight is 158 g/mol. The lowest BCUT2D eigenvalue weighted by atomic mass is 10.0. The maximum atomic E-state index is 10.6. The lowest BCUT2D eigenvalue weighted by molar-refractivity contribution is 0.109. The van der Waals surface area contributed by atoms with Crippen molar-refractivity contribution >= 4 is 6.09 Å². The van der Waals surface area contributed by atoms with E-state index in [2.05, 4.69) is 0 Å². The van der Waals surface area contributed by atoms with E-state index in [9.17, 15) is 4.79 Å². The van der Waals surface area contributed by atoms with E-state index in [1.165, 1.54) is 4.90 Å². The van der Waals surface area contributed by atoms with Gasteiger partial charge in [0, 0.05) is 19.1 Å². The summed E-state index contributed by atoms with van der Waals surface area (Å²) in [7, 11) is 0. The number of hydrogen-bond acceptors (Lipinski definition) is 2. The van der Waals surface area contributed by atoms with Gasteiger partial charge in [0.2, 0.25) is 0 Å². The molecule has 1 aliphatic heterocycles. The predicted molar refractivity (Wildman–Crippen MR) is 41.4 cm³/mol. The molecule has 1 aliphatic rings. The number of amides is 1. The lowest BCUT2D eigenvalue weighted by Gasteiger charge is -2.32. The summed E-state index contributed by atoms with van der Waals surface area (Å²) in [6.45, 7) is 1.10. The molecule has 1 rings (SSSR count). The van der Waals surface area contributed by atoms with Crippen molar-refractivity contribution in [2.45, 2.75) is 25.3 Å². The molecule has 0 radical (unpaired) electrons. The van der Waals surface area contributed by atoms with Gasteiger partial charge in [-0.25, -0.2) is 4.79 Å². The molecule has 0 spiro atoms. The van der Waals surface area contributed by atoms with Crippen molar-refractivity contribution in [1.82, 2.24) is 4.90 Å². The Hall–Kier alpha value is -0.770. The fourth-order valence-electron chi connectivity index (χ4n) is 1.50. The first-order valence-corrected chi connectivity index (χ1v) is 3.95. The van der Waals surface area contributed by atoms with Gasteiger partial charge in [-0.2, -0.15) is 0 Å². The monoisotopic (exact) mass is 158 g/mol. The normalized spacial score (nSPS) is 25.2. The van der Waals surface area contributed by atoms with Crippen molar-refractivity contribution in [2.24, 2.45) is 5.73 Å². The Morgan fingerprint density at radius 3 is 2.82 bits per heavy atom. The van der Waals surface area contributed by atoms with Crippen LogP contribution in [0.3, 0.4) is 0 Å². The number of nitrogens with two attached hydrogens (primary N) is 1. The Labute approximate surface area is 66.0 Å². The van der Waals surface area contributed by atoms with Crippen molar-refractivity contribution in [3.05, 3.63) is 0 Å². The van der Waals surface area contributed by atoms with Crippen LogP contribution in [0.15, 0.2) is 0 Å². The molecule has 1 fully saturated rings. The summed E-state index contributed by atoms with van der Waals surface area (Å²) < 4.78 is 0. The molecular weight excluding hydrogens is 144 g/mol. The van der Waals surface area contributed by atoms with Crippen LogP contribution in [0.1, 0.15) is 19.3 Å². The van der Waals surface area contributed by atoms with Crippen LogP contribution in [0.25, 0.3) is 0 Å². The molecule has 0 unspecified atom stereocenters. The second-order valence-electron chi connectivity index (χ2n) is 2.86. The van der Waals surface area contributed by atoms with Gasteiger partial charge in [0.05, 0.1) is 0 Å². The van der Waals surface area contributed by atoms with Crippen molar-refractivity contribution < 1.29 is 9.90 Å². The molecule has 1 heterocycles. The van der Waals surface area contributed by atoms with Gasteiger partial charge < -0.3 is 15.7 Å². The fraction of sp³-hybridized carbons (Fsp3) is 0.857. The Kier molecular flexibility index (Phi) is 2.70. The van der Waals surface area contributed by atoms with E-state index >= 15 is 0 Å². The number of carboxylic acid groups (broad SMARTS) is 1. The predicted octanol–water partition coefficient (Wildman–Crippen LogP) is 0.478. The smallest absolute Gasteiger partial charge is 0.407 e. The average Bonchev–Trinajstić information content (AvgIpc) is 2.04. The molecule has 0 aliphatic carbocycles. The van der Waals surface area contributed by atoms with Gasteiger partial charge in [0.25, 0.3) is 0 Å². The Bertz CT molecular complexity index is 149. The molecular formula is C7H14N2O2. The summed E-state index contributed by atoms with van der Waals surface area (Å²) in [6.07, 6.45) is 2.16. The standard InChI is InChI=1S/C7H14N2O2/c8-5-6-3-1-2-4-9(6)7(10)11/h6H,1-5,8H2,(H,10,11)/t6-/m0/s1. The quantitative estimate of drug-likeness (QED) is 0.583. The number of rotatable bonds is 1. The van der Waals surface area contributed by atoms with E-state index in [4.69, 9.17) is 10.8 Å². The highest BCUT2D eigenvalue weighted by molar-refractivity contribution is 5.65. The van der Waals surface area contributed by atoms with E-state index in [0.29, 0.717) is 13.1 Å². The number of carbonyl (C=O) groups is 1. The third kappa shape index (κ3) is 1.83. The first kappa shape index (κ1) is 8.33. The zero-order valence-electron chi connectivity index (χ0n) is 6.49. The Morgan fingerprint density at radius 2 is 2.36 bits per heavy atom. The molecule has 4 nitrogen and oxygen atoms in total. The topological polar surface area (TPSA) is 66.6 Å². The van der Waals surface area contributed by atoms with Gasteiger partial charge in [0.15, 0.2) is 0 Å². The van der Waals surface area contributed by atoms with Crippen LogP contribution >= 0.6 is 0 Å². The number of hydrogen-bond donors (Lipinski definition) is 2. The molecule has 11 heavy (non-hydrogen) atoms. The molecule has 0 aromatic rings. The minimum Gasteiger partial charge on any atom is -0.465 e. The first-order chi connectivity index (χ1) is 5.25. The van der Waals surface area contributed by atoms with Crippen molar-refractivity contribution in [1.29, 1.82) is 0 Å². The van der Waals surface area contributed by atoms with Crippen LogP contribution < -0.4 is 5.73 Å². The van der Waals surface area contributed by atoms with E-state index < -0.39 is 6.09 Å². The molecule has 0 aromatic carbocycles. The summed E-state index contributed by atoms with van der Waals surface area (Å²) in [6, 6.07) is 0.0567.